The number of esters is 1. The third-order valence-corrected chi connectivity index (χ3v) is 5.94. The zero-order valence-corrected chi connectivity index (χ0v) is 16.0. The Hall–Kier alpha value is -2.71. The first-order valence-electron chi connectivity index (χ1n) is 7.87. The van der Waals surface area contributed by atoms with Crippen LogP contribution in [-0.4, -0.2) is 23.3 Å². The second kappa shape index (κ2) is 7.13. The predicted octanol–water partition coefficient (Wildman–Crippen LogP) is 2.66. The van der Waals surface area contributed by atoms with Gasteiger partial charge in [0.05, 0.1) is 15.8 Å². The van der Waals surface area contributed by atoms with E-state index in [4.69, 9.17) is 16.3 Å². The third kappa shape index (κ3) is 3.58. The van der Waals surface area contributed by atoms with Crippen LogP contribution < -0.4 is 5.56 Å². The van der Waals surface area contributed by atoms with Crippen molar-refractivity contribution in [3.63, 3.8) is 0 Å². The maximum Gasteiger partial charge on any atom is 0.302 e. The number of carbonyl (C=O) groups excluding carboxylic acids is 1. The maximum atomic E-state index is 12.9. The van der Waals surface area contributed by atoms with Gasteiger partial charge < -0.3 is 4.74 Å². The largest absolute Gasteiger partial charge is 0.461 e. The summed E-state index contributed by atoms with van der Waals surface area (Å²) in [6.07, 6.45) is 0. The fourth-order valence-electron chi connectivity index (χ4n) is 2.55. The van der Waals surface area contributed by atoms with Gasteiger partial charge in [0, 0.05) is 12.5 Å². The lowest BCUT2D eigenvalue weighted by atomic mass is 10.1. The van der Waals surface area contributed by atoms with Crippen LogP contribution in [0.5, 0.6) is 0 Å². The first kappa shape index (κ1) is 19.1. The van der Waals surface area contributed by atoms with E-state index in [2.05, 4.69) is 4.98 Å². The summed E-state index contributed by atoms with van der Waals surface area (Å²) in [6, 6.07) is 10.7. The molecule has 0 radical (unpaired) electrons. The second-order valence-corrected chi connectivity index (χ2v) is 7.99. The Kier molecular flexibility index (Phi) is 5.03. The van der Waals surface area contributed by atoms with Crippen molar-refractivity contribution in [3.8, 4) is 0 Å². The number of hydrogen-bond donors (Lipinski definition) is 0. The van der Waals surface area contributed by atoms with Crippen molar-refractivity contribution >= 4 is 38.5 Å². The number of rotatable bonds is 4. The molecule has 0 fully saturated rings. The van der Waals surface area contributed by atoms with E-state index in [0.29, 0.717) is 9.54 Å². The van der Waals surface area contributed by atoms with Crippen LogP contribution in [0.4, 0.5) is 0 Å². The monoisotopic (exact) mass is 406 g/mol. The first-order valence-corrected chi connectivity index (χ1v) is 9.69. The number of aryl methyl sites for hydroxylation is 1. The van der Waals surface area contributed by atoms with E-state index in [-0.39, 0.29) is 22.4 Å². The topological polar surface area (TPSA) is 95.3 Å². The van der Waals surface area contributed by atoms with Gasteiger partial charge in [0.2, 0.25) is 5.28 Å². The smallest absolute Gasteiger partial charge is 0.302 e. The Morgan fingerprint density at radius 1 is 1.19 bits per heavy atom. The van der Waals surface area contributed by atoms with Crippen LogP contribution in [0, 0.1) is 6.92 Å². The zero-order valence-electron chi connectivity index (χ0n) is 14.5. The fourth-order valence-corrected chi connectivity index (χ4v) is 4.23. The summed E-state index contributed by atoms with van der Waals surface area (Å²) in [5.74, 6) is -0.492. The number of benzene rings is 2. The summed E-state index contributed by atoms with van der Waals surface area (Å²) in [6.45, 7) is 2.97. The van der Waals surface area contributed by atoms with Crippen LogP contribution in [0.3, 0.4) is 0 Å². The fraction of sp³-hybridized carbons (Fsp3) is 0.167. The molecule has 0 bridgehead atoms. The van der Waals surface area contributed by atoms with Crippen molar-refractivity contribution in [3.05, 3.63) is 69.2 Å². The molecule has 0 unspecified atom stereocenters. The van der Waals surface area contributed by atoms with Gasteiger partial charge >= 0.3 is 5.97 Å². The molecule has 0 atom stereocenters. The highest BCUT2D eigenvalue weighted by Gasteiger charge is 2.24. The van der Waals surface area contributed by atoms with E-state index < -0.39 is 26.8 Å². The molecule has 0 amide bonds. The lowest BCUT2D eigenvalue weighted by molar-refractivity contribution is -0.142. The Labute approximate surface area is 160 Å². The van der Waals surface area contributed by atoms with Gasteiger partial charge in [0.25, 0.3) is 15.6 Å². The van der Waals surface area contributed by atoms with E-state index in [1.807, 2.05) is 6.92 Å². The first-order chi connectivity index (χ1) is 12.7. The van der Waals surface area contributed by atoms with Crippen LogP contribution >= 0.6 is 11.6 Å². The van der Waals surface area contributed by atoms with Crippen molar-refractivity contribution in [1.82, 2.24) is 8.96 Å². The van der Waals surface area contributed by atoms with Gasteiger partial charge in [-0.2, -0.15) is 3.97 Å². The van der Waals surface area contributed by atoms with Crippen LogP contribution in [0.2, 0.25) is 5.28 Å². The molecule has 0 saturated heterocycles. The highest BCUT2D eigenvalue weighted by Crippen LogP contribution is 2.21. The molecule has 1 aromatic heterocycles. The quantitative estimate of drug-likeness (QED) is 0.488. The van der Waals surface area contributed by atoms with Crippen molar-refractivity contribution < 1.29 is 17.9 Å². The Morgan fingerprint density at radius 2 is 1.85 bits per heavy atom. The number of nitrogens with zero attached hydrogens (tertiary/aromatic N) is 2. The normalized spacial score (nSPS) is 11.5. The predicted molar refractivity (Wildman–Crippen MR) is 100 cm³/mol. The number of fused-ring (bicyclic) bond motifs is 1. The van der Waals surface area contributed by atoms with Gasteiger partial charge in [0.15, 0.2) is 0 Å². The Balaban J connectivity index is 2.22. The summed E-state index contributed by atoms with van der Waals surface area (Å²) < 4.78 is 31.2. The van der Waals surface area contributed by atoms with Gasteiger partial charge in [-0.25, -0.2) is 13.4 Å². The standard InChI is InChI=1S/C18H15ClN2O5S/c1-11-6-8-14(9-7-11)27(24,25)21-17(23)15-5-3-4-13(10-26-12(2)22)16(15)20-18(21)19/h3-9H,10H2,1-2H3. The highest BCUT2D eigenvalue weighted by atomic mass is 35.5. The molecule has 0 aliphatic carbocycles. The summed E-state index contributed by atoms with van der Waals surface area (Å²) in [7, 11) is -4.22. The highest BCUT2D eigenvalue weighted by molar-refractivity contribution is 7.90. The van der Waals surface area contributed by atoms with Crippen molar-refractivity contribution in [2.75, 3.05) is 0 Å². The molecule has 0 aliphatic rings. The number of ether oxygens (including phenoxy) is 1. The molecule has 0 N–H and O–H groups in total. The van der Waals surface area contributed by atoms with E-state index >= 15 is 0 Å². The minimum atomic E-state index is -4.22. The average molecular weight is 407 g/mol. The third-order valence-electron chi connectivity index (χ3n) is 3.90. The second-order valence-electron chi connectivity index (χ2n) is 5.86. The molecule has 27 heavy (non-hydrogen) atoms. The van der Waals surface area contributed by atoms with Crippen molar-refractivity contribution in [1.29, 1.82) is 0 Å². The van der Waals surface area contributed by atoms with Crippen LogP contribution in [-0.2, 0) is 26.2 Å². The molecule has 0 aliphatic heterocycles. The SMILES string of the molecule is CC(=O)OCc1cccc2c(=O)n(S(=O)(=O)c3ccc(C)cc3)c(Cl)nc12. The van der Waals surface area contributed by atoms with Gasteiger partial charge in [-0.1, -0.05) is 29.8 Å². The van der Waals surface area contributed by atoms with Gasteiger partial charge in [0.1, 0.15) is 6.61 Å². The van der Waals surface area contributed by atoms with Crippen LogP contribution in [0.1, 0.15) is 18.1 Å². The Bertz CT molecular complexity index is 1200. The summed E-state index contributed by atoms with van der Waals surface area (Å²) in [4.78, 5) is 27.9. The summed E-state index contributed by atoms with van der Waals surface area (Å²) in [5.41, 5.74) is 0.681. The number of halogens is 1. The summed E-state index contributed by atoms with van der Waals surface area (Å²) >= 11 is 6.07. The van der Waals surface area contributed by atoms with Gasteiger partial charge in [-0.05, 0) is 36.7 Å². The van der Waals surface area contributed by atoms with Gasteiger partial charge in [-0.3, -0.25) is 9.59 Å². The minimum absolute atomic E-state index is 0.0553. The van der Waals surface area contributed by atoms with Crippen LogP contribution in [0.25, 0.3) is 10.9 Å². The maximum absolute atomic E-state index is 12.9. The number of hydrogen-bond acceptors (Lipinski definition) is 6. The lowest BCUT2D eigenvalue weighted by Crippen LogP contribution is -2.29. The summed E-state index contributed by atoms with van der Waals surface area (Å²) in [5, 5.41) is -0.442. The minimum Gasteiger partial charge on any atom is -0.461 e. The number of para-hydroxylation sites is 1. The molecule has 2 aromatic carbocycles. The molecule has 3 aromatic rings. The number of aromatic nitrogens is 2. The molecule has 140 valence electrons. The van der Waals surface area contributed by atoms with E-state index in [9.17, 15) is 18.0 Å². The Morgan fingerprint density at radius 3 is 2.48 bits per heavy atom. The molecule has 7 nitrogen and oxygen atoms in total. The lowest BCUT2D eigenvalue weighted by Gasteiger charge is -2.12. The molecule has 1 heterocycles. The van der Waals surface area contributed by atoms with Crippen molar-refractivity contribution in [2.24, 2.45) is 0 Å². The van der Waals surface area contributed by atoms with Crippen molar-refractivity contribution in [2.45, 2.75) is 25.3 Å². The average Bonchev–Trinajstić information content (AvgIpc) is 2.60. The van der Waals surface area contributed by atoms with E-state index in [1.165, 1.54) is 25.1 Å². The van der Waals surface area contributed by atoms with E-state index in [1.54, 1.807) is 24.3 Å². The molecular weight excluding hydrogens is 392 g/mol. The molecular formula is C18H15ClN2O5S. The molecule has 0 saturated carbocycles. The molecule has 3 rings (SSSR count). The number of carbonyl (C=O) groups is 1. The zero-order chi connectivity index (χ0) is 19.8. The molecule has 0 spiro atoms. The molecule has 9 heteroatoms. The van der Waals surface area contributed by atoms with Crippen LogP contribution in [0.15, 0.2) is 52.2 Å². The van der Waals surface area contributed by atoms with Gasteiger partial charge in [-0.15, -0.1) is 0 Å². The van der Waals surface area contributed by atoms with E-state index in [0.717, 1.165) is 5.56 Å².